The summed E-state index contributed by atoms with van der Waals surface area (Å²) in [5.74, 6) is -0.0310. The van der Waals surface area contributed by atoms with Gasteiger partial charge in [0.2, 0.25) is 0 Å². The zero-order valence-corrected chi connectivity index (χ0v) is 8.52. The van der Waals surface area contributed by atoms with Crippen molar-refractivity contribution >= 4 is 12.0 Å². The van der Waals surface area contributed by atoms with Gasteiger partial charge in [0.25, 0.3) is 0 Å². The van der Waals surface area contributed by atoms with E-state index in [1.54, 1.807) is 18.2 Å². The number of carboxylic acids is 1. The molecule has 0 fully saturated rings. The lowest BCUT2D eigenvalue weighted by atomic mass is 10.2. The molecule has 4 heteroatoms. The van der Waals surface area contributed by atoms with Crippen molar-refractivity contribution < 1.29 is 19.4 Å². The smallest absolute Gasteiger partial charge is 0.123 e. The van der Waals surface area contributed by atoms with Crippen LogP contribution >= 0.6 is 0 Å². The maximum atomic E-state index is 10.2. The van der Waals surface area contributed by atoms with Crippen LogP contribution in [0, 0.1) is 0 Å². The predicted octanol–water partition coefficient (Wildman–Crippen LogP) is 0.467. The summed E-state index contributed by atoms with van der Waals surface area (Å²) in [5.41, 5.74) is 0.676. The standard InChI is InChI=1S/C11H12O4/c1-14-9-5-8(3-4-11(12)13)6-10(7-9)15-2/h3-7H,1-2H3,(H,12,13)/p-1/b4-3-. The molecule has 1 aromatic carbocycles. The summed E-state index contributed by atoms with van der Waals surface area (Å²) in [6.45, 7) is 0. The van der Waals surface area contributed by atoms with E-state index in [2.05, 4.69) is 0 Å². The first-order valence-corrected chi connectivity index (χ1v) is 4.28. The lowest BCUT2D eigenvalue weighted by Gasteiger charge is -2.05. The third kappa shape index (κ3) is 3.34. The van der Waals surface area contributed by atoms with Gasteiger partial charge in [0.05, 0.1) is 20.2 Å². The molecule has 15 heavy (non-hydrogen) atoms. The number of carbonyl (C=O) groups is 1. The average Bonchev–Trinajstić information content (AvgIpc) is 2.25. The Morgan fingerprint density at radius 2 is 1.73 bits per heavy atom. The monoisotopic (exact) mass is 207 g/mol. The molecule has 0 aliphatic rings. The molecule has 0 aliphatic carbocycles. The fourth-order valence-corrected chi connectivity index (χ4v) is 1.09. The van der Waals surface area contributed by atoms with E-state index in [9.17, 15) is 9.90 Å². The van der Waals surface area contributed by atoms with Gasteiger partial charge in [-0.3, -0.25) is 0 Å². The molecule has 0 aliphatic heterocycles. The van der Waals surface area contributed by atoms with Crippen molar-refractivity contribution in [2.75, 3.05) is 14.2 Å². The van der Waals surface area contributed by atoms with E-state index in [-0.39, 0.29) is 0 Å². The number of aliphatic carboxylic acids is 1. The third-order valence-corrected chi connectivity index (χ3v) is 1.79. The minimum Gasteiger partial charge on any atom is -0.545 e. The molecule has 0 spiro atoms. The highest BCUT2D eigenvalue weighted by atomic mass is 16.5. The van der Waals surface area contributed by atoms with Gasteiger partial charge in [0.15, 0.2) is 0 Å². The molecule has 0 saturated heterocycles. The maximum Gasteiger partial charge on any atom is 0.123 e. The van der Waals surface area contributed by atoms with Crippen LogP contribution in [-0.2, 0) is 4.79 Å². The van der Waals surface area contributed by atoms with E-state index in [1.165, 1.54) is 20.3 Å². The molecular formula is C11H11O4-. The zero-order valence-electron chi connectivity index (χ0n) is 8.52. The third-order valence-electron chi connectivity index (χ3n) is 1.79. The molecule has 0 amide bonds. The number of benzene rings is 1. The number of methoxy groups -OCH3 is 2. The molecule has 0 heterocycles. The molecular weight excluding hydrogens is 196 g/mol. The lowest BCUT2D eigenvalue weighted by molar-refractivity contribution is -0.297. The molecule has 0 unspecified atom stereocenters. The lowest BCUT2D eigenvalue weighted by Crippen LogP contribution is -2.18. The van der Waals surface area contributed by atoms with E-state index >= 15 is 0 Å². The fraction of sp³-hybridized carbons (Fsp3) is 0.182. The molecule has 0 aromatic heterocycles. The second kappa shape index (κ2) is 5.05. The van der Waals surface area contributed by atoms with Gasteiger partial charge in [-0.1, -0.05) is 6.08 Å². The molecule has 0 radical (unpaired) electrons. The maximum absolute atomic E-state index is 10.2. The summed E-state index contributed by atoms with van der Waals surface area (Å²) >= 11 is 0. The largest absolute Gasteiger partial charge is 0.545 e. The van der Waals surface area contributed by atoms with Crippen LogP contribution in [0.5, 0.6) is 11.5 Å². The zero-order chi connectivity index (χ0) is 11.3. The SMILES string of the molecule is COc1cc(/C=C\C(=O)[O-])cc(OC)c1. The Morgan fingerprint density at radius 1 is 1.20 bits per heavy atom. The molecule has 0 N–H and O–H groups in total. The summed E-state index contributed by atoms with van der Waals surface area (Å²) in [6.07, 6.45) is 2.37. The van der Waals surface area contributed by atoms with E-state index in [1.807, 2.05) is 0 Å². The van der Waals surface area contributed by atoms with Gasteiger partial charge < -0.3 is 19.4 Å². The Morgan fingerprint density at radius 3 is 2.13 bits per heavy atom. The van der Waals surface area contributed by atoms with Crippen LogP contribution in [0.25, 0.3) is 6.08 Å². The van der Waals surface area contributed by atoms with E-state index in [4.69, 9.17) is 9.47 Å². The van der Waals surface area contributed by atoms with Crippen molar-refractivity contribution in [2.45, 2.75) is 0 Å². The summed E-state index contributed by atoms with van der Waals surface area (Å²) in [6, 6.07) is 5.10. The van der Waals surface area contributed by atoms with Crippen LogP contribution in [0.3, 0.4) is 0 Å². The normalized spacial score (nSPS) is 10.3. The average molecular weight is 207 g/mol. The van der Waals surface area contributed by atoms with Gasteiger partial charge in [0.1, 0.15) is 11.5 Å². The summed E-state index contributed by atoms with van der Waals surface area (Å²) in [4.78, 5) is 10.2. The summed E-state index contributed by atoms with van der Waals surface area (Å²) in [7, 11) is 3.06. The number of carboxylic acid groups (broad SMARTS) is 1. The van der Waals surface area contributed by atoms with Gasteiger partial charge >= 0.3 is 0 Å². The topological polar surface area (TPSA) is 58.6 Å². The van der Waals surface area contributed by atoms with Gasteiger partial charge in [-0.2, -0.15) is 0 Å². The van der Waals surface area contributed by atoms with Gasteiger partial charge in [-0.05, 0) is 23.8 Å². The van der Waals surface area contributed by atoms with Crippen molar-refractivity contribution in [3.63, 3.8) is 0 Å². The molecule has 4 nitrogen and oxygen atoms in total. The van der Waals surface area contributed by atoms with Crippen LogP contribution in [-0.4, -0.2) is 20.2 Å². The van der Waals surface area contributed by atoms with Crippen molar-refractivity contribution in [2.24, 2.45) is 0 Å². The van der Waals surface area contributed by atoms with Crippen LogP contribution in [0.1, 0.15) is 5.56 Å². The molecule has 0 bridgehead atoms. The predicted molar refractivity (Wildman–Crippen MR) is 53.6 cm³/mol. The van der Waals surface area contributed by atoms with Crippen molar-refractivity contribution in [1.82, 2.24) is 0 Å². The van der Waals surface area contributed by atoms with Crippen LogP contribution in [0.2, 0.25) is 0 Å². The van der Waals surface area contributed by atoms with Gasteiger partial charge in [-0.25, -0.2) is 0 Å². The van der Waals surface area contributed by atoms with Gasteiger partial charge in [0, 0.05) is 6.07 Å². The minimum absolute atomic E-state index is 0.604. The molecule has 80 valence electrons. The van der Waals surface area contributed by atoms with Gasteiger partial charge in [-0.15, -0.1) is 0 Å². The quantitative estimate of drug-likeness (QED) is 0.673. The highest BCUT2D eigenvalue weighted by Crippen LogP contribution is 2.23. The van der Waals surface area contributed by atoms with E-state index in [0.29, 0.717) is 17.1 Å². The highest BCUT2D eigenvalue weighted by Gasteiger charge is 1.98. The van der Waals surface area contributed by atoms with Crippen molar-refractivity contribution in [3.8, 4) is 11.5 Å². The first-order valence-electron chi connectivity index (χ1n) is 4.28. The number of ether oxygens (including phenoxy) is 2. The first-order chi connectivity index (χ1) is 7.15. The Labute approximate surface area is 87.7 Å². The summed E-state index contributed by atoms with van der Waals surface area (Å²) in [5, 5.41) is 10.2. The minimum atomic E-state index is -1.24. The van der Waals surface area contributed by atoms with E-state index < -0.39 is 5.97 Å². The number of rotatable bonds is 4. The molecule has 1 aromatic rings. The van der Waals surface area contributed by atoms with Crippen LogP contribution in [0.15, 0.2) is 24.3 Å². The molecule has 0 atom stereocenters. The molecule has 1 rings (SSSR count). The number of hydrogen-bond acceptors (Lipinski definition) is 4. The second-order valence-electron chi connectivity index (χ2n) is 2.80. The Kier molecular flexibility index (Phi) is 3.74. The van der Waals surface area contributed by atoms with Crippen molar-refractivity contribution in [3.05, 3.63) is 29.8 Å². The Balaban J connectivity index is 3.01. The van der Waals surface area contributed by atoms with Crippen LogP contribution in [0.4, 0.5) is 0 Å². The fourth-order valence-electron chi connectivity index (χ4n) is 1.09. The van der Waals surface area contributed by atoms with E-state index in [0.717, 1.165) is 6.08 Å². The highest BCUT2D eigenvalue weighted by molar-refractivity contribution is 5.83. The Hall–Kier alpha value is -1.97. The first kappa shape index (κ1) is 11.1. The van der Waals surface area contributed by atoms with Crippen LogP contribution < -0.4 is 14.6 Å². The number of carbonyl (C=O) groups excluding carboxylic acids is 1. The second-order valence-corrected chi connectivity index (χ2v) is 2.80. The number of hydrogen-bond donors (Lipinski definition) is 0. The molecule has 0 saturated carbocycles. The summed E-state index contributed by atoms with van der Waals surface area (Å²) < 4.78 is 10.1. The Bertz CT molecular complexity index is 360. The van der Waals surface area contributed by atoms with Crippen molar-refractivity contribution in [1.29, 1.82) is 0 Å².